The summed E-state index contributed by atoms with van der Waals surface area (Å²) in [5.74, 6) is -2.81. The lowest BCUT2D eigenvalue weighted by atomic mass is 9.88. The second-order valence-corrected chi connectivity index (χ2v) is 17.1. The van der Waals surface area contributed by atoms with E-state index in [1.807, 2.05) is 20.8 Å². The predicted octanol–water partition coefficient (Wildman–Crippen LogP) is -0.233. The van der Waals surface area contributed by atoms with Crippen LogP contribution < -0.4 is 41.8 Å². The lowest BCUT2D eigenvalue weighted by molar-refractivity contribution is -0.156. The zero-order valence-electron chi connectivity index (χ0n) is 31.8. The molecule has 0 aromatic heterocycles. The van der Waals surface area contributed by atoms with E-state index in [2.05, 4.69) is 36.3 Å². The maximum atomic E-state index is 13.6. The van der Waals surface area contributed by atoms with Crippen molar-refractivity contribution in [3.05, 3.63) is 22.3 Å². The first-order chi connectivity index (χ1) is 24.6. The number of carbonyl (C=O) groups is 5. The fourth-order valence-corrected chi connectivity index (χ4v) is 8.17. The lowest BCUT2D eigenvalue weighted by Crippen LogP contribution is -2.55. The standard InChI is InChI=1S/C35H54N8O9S/c1-18-19(2)29(20(3)22-11-12-35(7,8)52-28(18)22)53(49,50)43-33(36)37-13-9-10-23-30(46)39-17-26(44)41-25(15-27(45)51-34(4,5)6)32(48)40-21-14-24(38-16-21)31(47)42-23/h21,23-25,38H,9-17H2,1-8H3,(H,39,46)(H,40,48)(H,41,44)(H,42,47)(H3,36,37,43)/t21-,23+,24+,25+/m1/s1. The van der Waals surface area contributed by atoms with E-state index >= 15 is 0 Å². The number of esters is 1. The Bertz CT molecular complexity index is 1770. The second-order valence-electron chi connectivity index (χ2n) is 15.5. The number of sulfonamides is 1. The van der Waals surface area contributed by atoms with Crippen molar-refractivity contribution < 1.29 is 41.9 Å². The number of carbonyl (C=O) groups excluding carboxylic acids is 5. The van der Waals surface area contributed by atoms with Gasteiger partial charge in [-0.25, -0.2) is 13.1 Å². The van der Waals surface area contributed by atoms with Gasteiger partial charge in [0.15, 0.2) is 0 Å². The van der Waals surface area contributed by atoms with Gasteiger partial charge in [-0.15, -0.1) is 0 Å². The Morgan fingerprint density at radius 3 is 2.38 bits per heavy atom. The second kappa shape index (κ2) is 16.3. The van der Waals surface area contributed by atoms with Crippen LogP contribution in [0.4, 0.5) is 0 Å². The third kappa shape index (κ3) is 10.8. The highest BCUT2D eigenvalue weighted by Crippen LogP contribution is 2.42. The summed E-state index contributed by atoms with van der Waals surface area (Å²) in [6.45, 7) is 14.1. The molecular formula is C35H54N8O9S. The highest BCUT2D eigenvalue weighted by atomic mass is 32.2. The van der Waals surface area contributed by atoms with Crippen LogP contribution in [0.1, 0.15) is 89.0 Å². The van der Waals surface area contributed by atoms with Gasteiger partial charge < -0.3 is 41.8 Å². The summed E-state index contributed by atoms with van der Waals surface area (Å²) in [5.41, 5.74) is 7.59. The number of benzene rings is 1. The van der Waals surface area contributed by atoms with Crippen molar-refractivity contribution in [2.45, 2.75) is 134 Å². The Morgan fingerprint density at radius 2 is 1.70 bits per heavy atom. The van der Waals surface area contributed by atoms with Crippen molar-refractivity contribution in [2.75, 3.05) is 19.6 Å². The molecule has 53 heavy (non-hydrogen) atoms. The SMILES string of the molecule is Cc1c(C)c(S(=O)(=O)NC(N)=NCCC[C@@H]2NC(=O)[C@@H]3C[C@H](CN3)NC(=O)[C@H](CC(=O)OC(C)(C)C)NC(=O)CNC2=O)c(C)c2c1OC(C)(C)CC2. The third-order valence-electron chi connectivity index (χ3n) is 9.40. The smallest absolute Gasteiger partial charge is 0.308 e. The Morgan fingerprint density at radius 1 is 1.00 bits per heavy atom. The van der Waals surface area contributed by atoms with Gasteiger partial charge in [-0.3, -0.25) is 29.0 Å². The maximum Gasteiger partial charge on any atom is 0.308 e. The molecule has 0 radical (unpaired) electrons. The summed E-state index contributed by atoms with van der Waals surface area (Å²) in [6.07, 6.45) is 1.46. The highest BCUT2D eigenvalue weighted by Gasteiger charge is 2.36. The number of nitrogens with two attached hydrogens (primary N) is 1. The van der Waals surface area contributed by atoms with Crippen molar-refractivity contribution in [3.8, 4) is 5.75 Å². The first-order valence-corrected chi connectivity index (χ1v) is 19.3. The summed E-state index contributed by atoms with van der Waals surface area (Å²) in [4.78, 5) is 69.1. The molecule has 3 aliphatic rings. The Labute approximate surface area is 310 Å². The number of nitrogens with zero attached hydrogens (tertiary/aromatic N) is 1. The molecule has 4 amide bonds. The number of nitrogens with one attached hydrogen (secondary N) is 6. The molecule has 294 valence electrons. The van der Waals surface area contributed by atoms with E-state index < -0.39 is 82.4 Å². The topological polar surface area (TPSA) is 249 Å². The van der Waals surface area contributed by atoms with Gasteiger partial charge in [-0.05, 0) is 110 Å². The molecule has 4 atom stereocenters. The fourth-order valence-electron chi connectivity index (χ4n) is 6.65. The number of fused-ring (bicyclic) bond motifs is 3. The van der Waals surface area contributed by atoms with Crippen LogP contribution in [0, 0.1) is 20.8 Å². The quantitative estimate of drug-likeness (QED) is 0.0789. The van der Waals surface area contributed by atoms with Crippen LogP contribution in [0.25, 0.3) is 0 Å². The van der Waals surface area contributed by atoms with E-state index in [0.717, 1.165) is 17.5 Å². The molecule has 0 spiro atoms. The Kier molecular flexibility index (Phi) is 12.7. The van der Waals surface area contributed by atoms with Gasteiger partial charge in [0.25, 0.3) is 10.0 Å². The molecule has 2 fully saturated rings. The summed E-state index contributed by atoms with van der Waals surface area (Å²) in [6, 6.07) is -3.55. The molecule has 0 unspecified atom stereocenters. The lowest BCUT2D eigenvalue weighted by Gasteiger charge is -2.35. The molecule has 0 aliphatic carbocycles. The van der Waals surface area contributed by atoms with Gasteiger partial charge in [0.1, 0.15) is 29.0 Å². The van der Waals surface area contributed by atoms with Crippen molar-refractivity contribution in [3.63, 3.8) is 0 Å². The van der Waals surface area contributed by atoms with Gasteiger partial charge in [0.2, 0.25) is 29.6 Å². The van der Waals surface area contributed by atoms with Crippen LogP contribution in [-0.2, 0) is 45.2 Å². The average Bonchev–Trinajstić information content (AvgIpc) is 3.50. The van der Waals surface area contributed by atoms with Gasteiger partial charge in [-0.2, -0.15) is 0 Å². The van der Waals surface area contributed by atoms with E-state index in [4.69, 9.17) is 15.2 Å². The number of ether oxygens (including phenoxy) is 2. The minimum absolute atomic E-state index is 0.0146. The zero-order chi connectivity index (χ0) is 39.5. The van der Waals surface area contributed by atoms with Gasteiger partial charge in [0.05, 0.1) is 23.9 Å². The number of rotatable bonds is 8. The minimum Gasteiger partial charge on any atom is -0.487 e. The Hall–Kier alpha value is -4.45. The molecule has 8 N–H and O–H groups in total. The number of hydrogen-bond donors (Lipinski definition) is 7. The fraction of sp³-hybridized carbons (Fsp3) is 0.657. The molecule has 3 aliphatic heterocycles. The zero-order valence-corrected chi connectivity index (χ0v) is 32.6. The summed E-state index contributed by atoms with van der Waals surface area (Å²) in [5, 5.41) is 13.5. The Balaban J connectivity index is 1.41. The van der Waals surface area contributed by atoms with Crippen LogP contribution in [-0.4, -0.2) is 99.0 Å². The van der Waals surface area contributed by atoms with Gasteiger partial charge >= 0.3 is 5.97 Å². The molecule has 18 heteroatoms. The molecule has 0 saturated carbocycles. The molecule has 4 rings (SSSR count). The van der Waals surface area contributed by atoms with Crippen molar-refractivity contribution in [2.24, 2.45) is 10.7 Å². The normalized spacial score (nSPS) is 24.0. The largest absolute Gasteiger partial charge is 0.487 e. The molecule has 17 nitrogen and oxygen atoms in total. The molecule has 2 bridgehead atoms. The summed E-state index contributed by atoms with van der Waals surface area (Å²) in [7, 11) is -4.12. The predicted molar refractivity (Wildman–Crippen MR) is 195 cm³/mol. The van der Waals surface area contributed by atoms with E-state index in [-0.39, 0.29) is 48.8 Å². The van der Waals surface area contributed by atoms with Gasteiger partial charge in [-0.1, -0.05) is 0 Å². The molecule has 3 heterocycles. The van der Waals surface area contributed by atoms with E-state index in [0.29, 0.717) is 23.3 Å². The van der Waals surface area contributed by atoms with Crippen LogP contribution in [0.2, 0.25) is 0 Å². The number of guanidine groups is 1. The monoisotopic (exact) mass is 762 g/mol. The molecular weight excluding hydrogens is 708 g/mol. The average molecular weight is 763 g/mol. The van der Waals surface area contributed by atoms with Crippen molar-refractivity contribution in [1.82, 2.24) is 31.3 Å². The van der Waals surface area contributed by atoms with Crippen molar-refractivity contribution in [1.29, 1.82) is 0 Å². The van der Waals surface area contributed by atoms with Crippen LogP contribution in [0.5, 0.6) is 5.75 Å². The highest BCUT2D eigenvalue weighted by molar-refractivity contribution is 7.90. The molecule has 2 saturated heterocycles. The first kappa shape index (κ1) is 41.3. The van der Waals surface area contributed by atoms with E-state index in [1.54, 1.807) is 34.6 Å². The van der Waals surface area contributed by atoms with Crippen LogP contribution in [0.3, 0.4) is 0 Å². The number of aliphatic imine (C=N–C) groups is 1. The van der Waals surface area contributed by atoms with Gasteiger partial charge in [0, 0.05) is 19.1 Å². The molecule has 1 aromatic carbocycles. The van der Waals surface area contributed by atoms with Crippen LogP contribution in [0.15, 0.2) is 9.89 Å². The first-order valence-electron chi connectivity index (χ1n) is 17.8. The number of amides is 4. The third-order valence-corrected chi connectivity index (χ3v) is 11.0. The summed E-state index contributed by atoms with van der Waals surface area (Å²) < 4.78 is 41.1. The van der Waals surface area contributed by atoms with Crippen LogP contribution >= 0.6 is 0 Å². The maximum absolute atomic E-state index is 13.6. The summed E-state index contributed by atoms with van der Waals surface area (Å²) >= 11 is 0. The van der Waals surface area contributed by atoms with E-state index in [1.165, 1.54) is 0 Å². The van der Waals surface area contributed by atoms with Crippen molar-refractivity contribution >= 4 is 45.6 Å². The number of hydrogen-bond acceptors (Lipinski definition) is 11. The van der Waals surface area contributed by atoms with E-state index in [9.17, 15) is 32.4 Å². The molecule has 1 aromatic rings. The minimum atomic E-state index is -4.12.